The van der Waals surface area contributed by atoms with Gasteiger partial charge in [0.1, 0.15) is 0 Å². The predicted octanol–water partition coefficient (Wildman–Crippen LogP) is 1.01. The molecule has 1 nitrogen and oxygen atoms in total. The zero-order valence-electron chi connectivity index (χ0n) is 3.41. The maximum atomic E-state index is 2.86. The number of aromatic nitrogens is 1. The number of nitrogens with one attached hydrogen (secondary N) is 1. The number of rotatable bonds is 0. The summed E-state index contributed by atoms with van der Waals surface area (Å²) in [6, 6.07) is 3.89. The van der Waals surface area contributed by atoms with Gasteiger partial charge in [-0.1, -0.05) is 0 Å². The molecule has 0 aliphatic rings. The van der Waals surface area contributed by atoms with Crippen LogP contribution in [0.4, 0.5) is 0 Å². The molecule has 0 aromatic carbocycles. The maximum Gasteiger partial charge on any atom is 0.000496 e. The van der Waals surface area contributed by atoms with Crippen molar-refractivity contribution in [3.63, 3.8) is 0 Å². The zero-order chi connectivity index (χ0) is 3.54. The second-order valence-electron chi connectivity index (χ2n) is 0.885. The fourth-order valence-corrected chi connectivity index (χ4v) is 0.278. The van der Waals surface area contributed by atoms with E-state index in [9.17, 15) is 0 Å². The van der Waals surface area contributed by atoms with Crippen LogP contribution in [0.3, 0.4) is 0 Å². The molecule has 3 heteroatoms. The summed E-state index contributed by atoms with van der Waals surface area (Å²) in [5.41, 5.74) is 0. The van der Waals surface area contributed by atoms with E-state index in [1.807, 2.05) is 24.5 Å². The van der Waals surface area contributed by atoms with Crippen molar-refractivity contribution in [2.45, 2.75) is 0 Å². The number of H-pyrrole nitrogens is 1. The van der Waals surface area contributed by atoms with Crippen LogP contribution in [0.2, 0.25) is 0 Å². The third kappa shape index (κ3) is 4.17. The molecule has 0 spiro atoms. The average Bonchev–Trinajstić information content (AvgIpc) is 1.76. The van der Waals surface area contributed by atoms with Gasteiger partial charge >= 0.3 is 0 Å². The SMILES string of the molecule is [Cu].[Cu].c1cc[nH]c1. The molecular weight excluding hydrogens is 189 g/mol. The van der Waals surface area contributed by atoms with Gasteiger partial charge in [0.15, 0.2) is 0 Å². The molecule has 7 heavy (non-hydrogen) atoms. The van der Waals surface area contributed by atoms with E-state index in [2.05, 4.69) is 4.98 Å². The first-order valence-electron chi connectivity index (χ1n) is 1.58. The van der Waals surface area contributed by atoms with Crippen LogP contribution in [0.25, 0.3) is 0 Å². The van der Waals surface area contributed by atoms with E-state index in [4.69, 9.17) is 0 Å². The molecule has 0 amide bonds. The van der Waals surface area contributed by atoms with Gasteiger partial charge in [0.05, 0.1) is 0 Å². The van der Waals surface area contributed by atoms with Gasteiger partial charge in [0, 0.05) is 46.5 Å². The first kappa shape index (κ1) is 10.3. The van der Waals surface area contributed by atoms with Crippen LogP contribution in [0.15, 0.2) is 24.5 Å². The number of aromatic amines is 1. The standard InChI is InChI=1S/C4H5N.2Cu/c1-2-4-5-3-1;;/h1-5H;;. The molecule has 0 fully saturated rings. The summed E-state index contributed by atoms with van der Waals surface area (Å²) in [5, 5.41) is 0. The average molecular weight is 194 g/mol. The Hall–Kier alpha value is 0.319. The second kappa shape index (κ2) is 6.32. The molecule has 48 valence electrons. The molecule has 1 N–H and O–H groups in total. The van der Waals surface area contributed by atoms with Crippen LogP contribution in [0.1, 0.15) is 0 Å². The van der Waals surface area contributed by atoms with Gasteiger partial charge in [-0.3, -0.25) is 0 Å². The van der Waals surface area contributed by atoms with E-state index in [0.29, 0.717) is 0 Å². The van der Waals surface area contributed by atoms with Crippen LogP contribution in [0, 0.1) is 0 Å². The maximum absolute atomic E-state index is 2.86. The van der Waals surface area contributed by atoms with E-state index in [1.54, 1.807) is 0 Å². The fourth-order valence-electron chi connectivity index (χ4n) is 0.278. The van der Waals surface area contributed by atoms with Crippen LogP contribution >= 0.6 is 0 Å². The van der Waals surface area contributed by atoms with Crippen LogP contribution < -0.4 is 0 Å². The minimum atomic E-state index is 0. The Morgan fingerprint density at radius 2 is 1.29 bits per heavy atom. The summed E-state index contributed by atoms with van der Waals surface area (Å²) in [6.45, 7) is 0. The minimum absolute atomic E-state index is 0. The van der Waals surface area contributed by atoms with Gasteiger partial charge in [-0.05, 0) is 12.1 Å². The van der Waals surface area contributed by atoms with E-state index in [0.717, 1.165) is 0 Å². The van der Waals surface area contributed by atoms with Crippen molar-refractivity contribution in [1.82, 2.24) is 4.98 Å². The molecule has 2 radical (unpaired) electrons. The Kier molecular flexibility index (Phi) is 9.32. The Labute approximate surface area is 63.8 Å². The van der Waals surface area contributed by atoms with Crippen molar-refractivity contribution in [2.24, 2.45) is 0 Å². The monoisotopic (exact) mass is 193 g/mol. The van der Waals surface area contributed by atoms with Gasteiger partial charge in [-0.2, -0.15) is 0 Å². The van der Waals surface area contributed by atoms with Crippen molar-refractivity contribution in [3.05, 3.63) is 24.5 Å². The smallest absolute Gasteiger partial charge is 0.000496 e. The summed E-state index contributed by atoms with van der Waals surface area (Å²) in [7, 11) is 0. The summed E-state index contributed by atoms with van der Waals surface area (Å²) < 4.78 is 0. The van der Waals surface area contributed by atoms with Gasteiger partial charge in [-0.25, -0.2) is 0 Å². The number of hydrogen-bond donors (Lipinski definition) is 1. The molecule has 0 bridgehead atoms. The Morgan fingerprint density at radius 1 is 0.857 bits per heavy atom. The first-order chi connectivity index (χ1) is 2.50. The van der Waals surface area contributed by atoms with Crippen molar-refractivity contribution in [1.29, 1.82) is 0 Å². The van der Waals surface area contributed by atoms with Crippen molar-refractivity contribution in [2.75, 3.05) is 0 Å². The van der Waals surface area contributed by atoms with Crippen LogP contribution in [0.5, 0.6) is 0 Å². The van der Waals surface area contributed by atoms with E-state index in [1.165, 1.54) is 0 Å². The van der Waals surface area contributed by atoms with Gasteiger partial charge in [0.2, 0.25) is 0 Å². The van der Waals surface area contributed by atoms with Gasteiger partial charge in [0.25, 0.3) is 0 Å². The predicted molar refractivity (Wildman–Crippen MR) is 20.8 cm³/mol. The molecule has 1 aromatic heterocycles. The summed E-state index contributed by atoms with van der Waals surface area (Å²) in [5.74, 6) is 0. The Bertz CT molecular complexity index is 66.2. The normalized spacial score (nSPS) is 5.71. The second-order valence-corrected chi connectivity index (χ2v) is 0.885. The molecule has 0 atom stereocenters. The Morgan fingerprint density at radius 3 is 1.43 bits per heavy atom. The van der Waals surface area contributed by atoms with Crippen molar-refractivity contribution in [3.8, 4) is 0 Å². The molecule has 0 saturated heterocycles. The topological polar surface area (TPSA) is 15.8 Å². The molecule has 1 heterocycles. The molecule has 0 aliphatic heterocycles. The van der Waals surface area contributed by atoms with E-state index < -0.39 is 0 Å². The van der Waals surface area contributed by atoms with E-state index in [-0.39, 0.29) is 34.1 Å². The van der Waals surface area contributed by atoms with Gasteiger partial charge < -0.3 is 4.98 Å². The molecule has 1 aromatic rings. The van der Waals surface area contributed by atoms with Crippen LogP contribution in [-0.4, -0.2) is 4.98 Å². The summed E-state index contributed by atoms with van der Waals surface area (Å²) in [4.78, 5) is 2.86. The molecule has 1 rings (SSSR count). The van der Waals surface area contributed by atoms with Crippen LogP contribution in [-0.2, 0) is 34.1 Å². The van der Waals surface area contributed by atoms with E-state index >= 15 is 0 Å². The summed E-state index contributed by atoms with van der Waals surface area (Å²) >= 11 is 0. The summed E-state index contributed by atoms with van der Waals surface area (Å²) in [6.07, 6.45) is 3.75. The zero-order valence-corrected chi connectivity index (χ0v) is 5.30. The molecule has 0 saturated carbocycles. The molecule has 0 aliphatic carbocycles. The largest absolute Gasteiger partial charge is 0.368 e. The first-order valence-corrected chi connectivity index (χ1v) is 1.58. The Balaban J connectivity index is 0. The number of hydrogen-bond acceptors (Lipinski definition) is 0. The minimum Gasteiger partial charge on any atom is -0.368 e. The third-order valence-corrected chi connectivity index (χ3v) is 0.496. The van der Waals surface area contributed by atoms with Crippen molar-refractivity contribution >= 4 is 0 Å². The fraction of sp³-hybridized carbons (Fsp3) is 0. The quantitative estimate of drug-likeness (QED) is 0.593. The third-order valence-electron chi connectivity index (χ3n) is 0.496. The van der Waals surface area contributed by atoms with Gasteiger partial charge in [-0.15, -0.1) is 0 Å². The molecular formula is C4H5Cu2N. The molecule has 0 unspecified atom stereocenters. The van der Waals surface area contributed by atoms with Crippen molar-refractivity contribution < 1.29 is 34.1 Å².